The molecule has 0 saturated heterocycles. The van der Waals surface area contributed by atoms with Crippen LogP contribution >= 0.6 is 12.4 Å². The van der Waals surface area contributed by atoms with Gasteiger partial charge in [0.2, 0.25) is 11.8 Å². The van der Waals surface area contributed by atoms with E-state index in [1.807, 2.05) is 18.2 Å². The summed E-state index contributed by atoms with van der Waals surface area (Å²) in [6.07, 6.45) is 3.77. The second-order valence-corrected chi connectivity index (χ2v) is 6.52. The molecule has 6 heteroatoms. The molecular formula is C16H20ClN3O2. The normalized spacial score (nSPS) is 31.4. The fourth-order valence-corrected chi connectivity index (χ4v) is 4.26. The maximum absolute atomic E-state index is 12.5. The van der Waals surface area contributed by atoms with Crippen molar-refractivity contribution in [3.8, 4) is 0 Å². The number of carbonyl (C=O) groups is 2. The van der Waals surface area contributed by atoms with E-state index in [0.29, 0.717) is 18.3 Å². The largest absolute Gasteiger partial charge is 0.327 e. The second-order valence-electron chi connectivity index (χ2n) is 6.52. The van der Waals surface area contributed by atoms with Crippen LogP contribution < -0.4 is 16.4 Å². The van der Waals surface area contributed by atoms with Crippen LogP contribution in [0.15, 0.2) is 18.2 Å². The molecule has 2 amide bonds. The Labute approximate surface area is 135 Å². The minimum atomic E-state index is -0.0586. The van der Waals surface area contributed by atoms with Gasteiger partial charge in [-0.15, -0.1) is 12.4 Å². The summed E-state index contributed by atoms with van der Waals surface area (Å²) in [4.78, 5) is 23.9. The first-order valence-electron chi connectivity index (χ1n) is 7.61. The molecule has 0 spiro atoms. The van der Waals surface area contributed by atoms with Gasteiger partial charge in [-0.25, -0.2) is 0 Å². The summed E-state index contributed by atoms with van der Waals surface area (Å²) in [5, 5.41) is 5.78. The standard InChI is InChI=1S/C16H19N3O2.ClH/c17-15-9-2-1-8(5-9)14(15)16(21)18-11-3-4-12-10(6-11)7-13(20)19-12;/h3-4,6,8-9,14-15H,1-2,5,7,17H2,(H,18,21)(H,19,20);1H. The SMILES string of the molecule is Cl.NC1C2CCC(C2)C1C(=O)Nc1ccc2c(c1)CC(=O)N2. The van der Waals surface area contributed by atoms with E-state index in [-0.39, 0.29) is 36.2 Å². The molecule has 5 nitrogen and oxygen atoms in total. The first-order chi connectivity index (χ1) is 10.1. The van der Waals surface area contributed by atoms with Gasteiger partial charge in [-0.2, -0.15) is 0 Å². The molecule has 22 heavy (non-hydrogen) atoms. The van der Waals surface area contributed by atoms with E-state index in [0.717, 1.165) is 29.8 Å². The number of rotatable bonds is 2. The average molecular weight is 322 g/mol. The van der Waals surface area contributed by atoms with Crippen LogP contribution in [0, 0.1) is 17.8 Å². The molecule has 4 N–H and O–H groups in total. The highest BCUT2D eigenvalue weighted by molar-refractivity contribution is 6.00. The lowest BCUT2D eigenvalue weighted by molar-refractivity contribution is -0.121. The Hall–Kier alpha value is -1.59. The van der Waals surface area contributed by atoms with E-state index in [2.05, 4.69) is 10.6 Å². The molecule has 0 aromatic heterocycles. The van der Waals surface area contributed by atoms with Gasteiger partial charge in [0.25, 0.3) is 0 Å². The average Bonchev–Trinajstić information content (AvgIpc) is 3.10. The zero-order valence-corrected chi connectivity index (χ0v) is 13.0. The summed E-state index contributed by atoms with van der Waals surface area (Å²) >= 11 is 0. The summed E-state index contributed by atoms with van der Waals surface area (Å²) in [6, 6.07) is 5.56. The molecule has 1 heterocycles. The Morgan fingerprint density at radius 1 is 1.27 bits per heavy atom. The molecule has 2 aliphatic carbocycles. The zero-order valence-electron chi connectivity index (χ0n) is 12.2. The predicted molar refractivity (Wildman–Crippen MR) is 86.9 cm³/mol. The van der Waals surface area contributed by atoms with Crippen LogP contribution in [-0.4, -0.2) is 17.9 Å². The molecule has 4 rings (SSSR count). The Morgan fingerprint density at radius 2 is 2.05 bits per heavy atom. The van der Waals surface area contributed by atoms with Crippen LogP contribution in [-0.2, 0) is 16.0 Å². The molecule has 118 valence electrons. The van der Waals surface area contributed by atoms with Crippen molar-refractivity contribution in [1.82, 2.24) is 0 Å². The molecule has 2 bridgehead atoms. The maximum Gasteiger partial charge on any atom is 0.229 e. The molecule has 3 aliphatic rings. The fourth-order valence-electron chi connectivity index (χ4n) is 4.26. The summed E-state index contributed by atoms with van der Waals surface area (Å²) in [5.74, 6) is 0.947. The van der Waals surface area contributed by atoms with Crippen LogP contribution in [0.4, 0.5) is 11.4 Å². The third-order valence-corrected chi connectivity index (χ3v) is 5.28. The van der Waals surface area contributed by atoms with Gasteiger partial charge in [0.1, 0.15) is 0 Å². The number of halogens is 1. The van der Waals surface area contributed by atoms with Gasteiger partial charge in [-0.3, -0.25) is 9.59 Å². The summed E-state index contributed by atoms with van der Waals surface area (Å²) in [5.41, 5.74) is 8.75. The number of carbonyl (C=O) groups excluding carboxylic acids is 2. The molecule has 1 aromatic rings. The third kappa shape index (κ3) is 2.38. The number of hydrogen-bond acceptors (Lipinski definition) is 3. The lowest BCUT2D eigenvalue weighted by atomic mass is 9.84. The number of nitrogens with one attached hydrogen (secondary N) is 2. The van der Waals surface area contributed by atoms with Gasteiger partial charge in [0, 0.05) is 17.4 Å². The summed E-state index contributed by atoms with van der Waals surface area (Å²) in [7, 11) is 0. The number of hydrogen-bond donors (Lipinski definition) is 3. The van der Waals surface area contributed by atoms with Crippen molar-refractivity contribution in [2.75, 3.05) is 10.6 Å². The Bertz CT molecular complexity index is 632. The molecule has 1 aliphatic heterocycles. The minimum absolute atomic E-state index is 0. The second kappa shape index (κ2) is 5.56. The summed E-state index contributed by atoms with van der Waals surface area (Å²) in [6.45, 7) is 0. The van der Waals surface area contributed by atoms with Gasteiger partial charge in [0.05, 0.1) is 12.3 Å². The van der Waals surface area contributed by atoms with Crippen molar-refractivity contribution in [3.05, 3.63) is 23.8 Å². The highest BCUT2D eigenvalue weighted by Crippen LogP contribution is 2.48. The van der Waals surface area contributed by atoms with E-state index < -0.39 is 0 Å². The van der Waals surface area contributed by atoms with Crippen LogP contribution in [0.25, 0.3) is 0 Å². The van der Waals surface area contributed by atoms with E-state index in [1.54, 1.807) is 0 Å². The van der Waals surface area contributed by atoms with Gasteiger partial charge < -0.3 is 16.4 Å². The maximum atomic E-state index is 12.5. The highest BCUT2D eigenvalue weighted by atomic mass is 35.5. The van der Waals surface area contributed by atoms with Gasteiger partial charge in [0.15, 0.2) is 0 Å². The van der Waals surface area contributed by atoms with Crippen LogP contribution in [0.2, 0.25) is 0 Å². The Balaban J connectivity index is 0.00000144. The monoisotopic (exact) mass is 321 g/mol. The smallest absolute Gasteiger partial charge is 0.229 e. The first-order valence-corrected chi connectivity index (χ1v) is 7.61. The Morgan fingerprint density at radius 3 is 2.77 bits per heavy atom. The van der Waals surface area contributed by atoms with Gasteiger partial charge in [-0.1, -0.05) is 0 Å². The molecule has 0 radical (unpaired) electrons. The Kier molecular flexibility index (Phi) is 3.87. The van der Waals surface area contributed by atoms with Gasteiger partial charge in [-0.05, 0) is 54.9 Å². The van der Waals surface area contributed by atoms with Crippen molar-refractivity contribution in [2.24, 2.45) is 23.5 Å². The van der Waals surface area contributed by atoms with Crippen LogP contribution in [0.1, 0.15) is 24.8 Å². The highest BCUT2D eigenvalue weighted by Gasteiger charge is 2.49. The number of nitrogens with two attached hydrogens (primary N) is 1. The molecule has 1 aromatic carbocycles. The van der Waals surface area contributed by atoms with Crippen molar-refractivity contribution in [1.29, 1.82) is 0 Å². The lowest BCUT2D eigenvalue weighted by Gasteiger charge is -2.27. The fraction of sp³-hybridized carbons (Fsp3) is 0.500. The van der Waals surface area contributed by atoms with Crippen molar-refractivity contribution in [3.63, 3.8) is 0 Å². The van der Waals surface area contributed by atoms with E-state index in [4.69, 9.17) is 5.73 Å². The van der Waals surface area contributed by atoms with E-state index in [1.165, 1.54) is 6.42 Å². The zero-order chi connectivity index (χ0) is 14.6. The lowest BCUT2D eigenvalue weighted by Crippen LogP contribution is -2.42. The number of fused-ring (bicyclic) bond motifs is 3. The molecule has 2 saturated carbocycles. The first kappa shape index (κ1) is 15.3. The topological polar surface area (TPSA) is 84.2 Å². The van der Waals surface area contributed by atoms with E-state index >= 15 is 0 Å². The van der Waals surface area contributed by atoms with Crippen LogP contribution in [0.5, 0.6) is 0 Å². The minimum Gasteiger partial charge on any atom is -0.327 e. The van der Waals surface area contributed by atoms with Crippen LogP contribution in [0.3, 0.4) is 0 Å². The third-order valence-electron chi connectivity index (χ3n) is 5.28. The molecular weight excluding hydrogens is 302 g/mol. The molecule has 2 fully saturated rings. The number of amides is 2. The number of anilines is 2. The van der Waals surface area contributed by atoms with Gasteiger partial charge >= 0.3 is 0 Å². The molecule has 4 atom stereocenters. The van der Waals surface area contributed by atoms with Crippen molar-refractivity contribution < 1.29 is 9.59 Å². The predicted octanol–water partition coefficient (Wildman–Crippen LogP) is 1.91. The van der Waals surface area contributed by atoms with E-state index in [9.17, 15) is 9.59 Å². The van der Waals surface area contributed by atoms with Crippen molar-refractivity contribution in [2.45, 2.75) is 31.7 Å². The summed E-state index contributed by atoms with van der Waals surface area (Å²) < 4.78 is 0. The molecule has 4 unspecified atom stereocenters. The number of benzene rings is 1. The van der Waals surface area contributed by atoms with Crippen molar-refractivity contribution >= 4 is 35.6 Å². The quantitative estimate of drug-likeness (QED) is 0.778.